The Morgan fingerprint density at radius 2 is 1.96 bits per heavy atom. The van der Waals surface area contributed by atoms with Gasteiger partial charge in [0.1, 0.15) is 24.2 Å². The molecule has 8 heteroatoms. The number of carbonyl (C=O) groups is 2. The van der Waals surface area contributed by atoms with Crippen LogP contribution in [0.1, 0.15) is 39.7 Å². The Kier molecular flexibility index (Phi) is 7.65. The van der Waals surface area contributed by atoms with Gasteiger partial charge >= 0.3 is 5.97 Å². The number of benzene rings is 1. The molecular weight excluding hydrogens is 364 g/mol. The first-order chi connectivity index (χ1) is 13.2. The number of anilines is 1. The van der Waals surface area contributed by atoms with Gasteiger partial charge in [-0.05, 0) is 46.2 Å². The van der Waals surface area contributed by atoms with Crippen molar-refractivity contribution in [3.63, 3.8) is 0 Å². The second-order valence-corrected chi connectivity index (χ2v) is 7.65. The highest BCUT2D eigenvalue weighted by Gasteiger charge is 2.24. The summed E-state index contributed by atoms with van der Waals surface area (Å²) in [6.45, 7) is 8.34. The lowest BCUT2D eigenvalue weighted by molar-refractivity contribution is -0.145. The molecule has 28 heavy (non-hydrogen) atoms. The molecule has 0 bridgehead atoms. The lowest BCUT2D eigenvalue weighted by atomic mass is 10.0. The van der Waals surface area contributed by atoms with Gasteiger partial charge in [0, 0.05) is 24.1 Å². The van der Waals surface area contributed by atoms with Crippen molar-refractivity contribution < 1.29 is 28.9 Å². The molecule has 1 aliphatic heterocycles. The molecule has 1 amide bonds. The number of β-amino-alcohol motifs (C(OH)–C–C–N with tert-alkyl or cyclic N) is 1. The van der Waals surface area contributed by atoms with Crippen LogP contribution in [0.25, 0.3) is 0 Å². The number of rotatable bonds is 9. The predicted octanol–water partition coefficient (Wildman–Crippen LogP) is 1.64. The van der Waals surface area contributed by atoms with Gasteiger partial charge in [0.15, 0.2) is 6.61 Å². The number of aliphatic hydroxyl groups is 1. The topological polar surface area (TPSA) is 106 Å². The minimum Gasteiger partial charge on any atom is -0.490 e. The van der Waals surface area contributed by atoms with Gasteiger partial charge in [0.25, 0.3) is 0 Å². The second kappa shape index (κ2) is 9.75. The standard InChI is InChI=1S/C20H30N2O6/c1-5-26-18(25)12-28-16-8-7-15(14-6-9-17(24)22-19(14)16)27-11-13(23)10-21-20(2,3)4/h7-8,13,21,23H,5-6,9-12H2,1-4H3,(H,22,24). The van der Waals surface area contributed by atoms with Crippen LogP contribution in [-0.2, 0) is 20.7 Å². The van der Waals surface area contributed by atoms with Crippen LogP contribution < -0.4 is 20.1 Å². The van der Waals surface area contributed by atoms with Crippen LogP contribution in [0.15, 0.2) is 12.1 Å². The molecule has 2 rings (SSSR count). The fraction of sp³-hybridized carbons (Fsp3) is 0.600. The minimum absolute atomic E-state index is 0.0949. The monoisotopic (exact) mass is 394 g/mol. The molecule has 1 aromatic rings. The van der Waals surface area contributed by atoms with Gasteiger partial charge in [-0.3, -0.25) is 4.79 Å². The summed E-state index contributed by atoms with van der Waals surface area (Å²) >= 11 is 0. The third kappa shape index (κ3) is 6.69. The maximum Gasteiger partial charge on any atom is 0.344 e. The Morgan fingerprint density at radius 1 is 1.25 bits per heavy atom. The first kappa shape index (κ1) is 22.0. The lowest BCUT2D eigenvalue weighted by Gasteiger charge is -2.25. The van der Waals surface area contributed by atoms with Crippen molar-refractivity contribution in [2.75, 3.05) is 31.7 Å². The number of hydrogen-bond donors (Lipinski definition) is 3. The zero-order chi connectivity index (χ0) is 20.7. The van der Waals surface area contributed by atoms with Crippen LogP contribution in [0.2, 0.25) is 0 Å². The van der Waals surface area contributed by atoms with Crippen LogP contribution in [0.4, 0.5) is 5.69 Å². The number of ether oxygens (including phenoxy) is 3. The number of carbonyl (C=O) groups excluding carboxylic acids is 2. The van der Waals surface area contributed by atoms with E-state index in [1.165, 1.54) is 0 Å². The molecule has 1 aromatic carbocycles. The molecule has 1 heterocycles. The van der Waals surface area contributed by atoms with E-state index < -0.39 is 12.1 Å². The van der Waals surface area contributed by atoms with E-state index in [1.54, 1.807) is 19.1 Å². The molecule has 3 N–H and O–H groups in total. The van der Waals surface area contributed by atoms with E-state index in [9.17, 15) is 14.7 Å². The summed E-state index contributed by atoms with van der Waals surface area (Å²) in [6, 6.07) is 3.36. The van der Waals surface area contributed by atoms with Crippen molar-refractivity contribution in [1.29, 1.82) is 0 Å². The lowest BCUT2D eigenvalue weighted by Crippen LogP contribution is -2.42. The summed E-state index contributed by atoms with van der Waals surface area (Å²) < 4.78 is 16.2. The van der Waals surface area contributed by atoms with Gasteiger partial charge in [0.05, 0.1) is 12.3 Å². The van der Waals surface area contributed by atoms with Gasteiger partial charge < -0.3 is 30.0 Å². The highest BCUT2D eigenvalue weighted by molar-refractivity contribution is 5.96. The molecule has 1 aliphatic rings. The summed E-state index contributed by atoms with van der Waals surface area (Å²) in [7, 11) is 0. The van der Waals surface area contributed by atoms with E-state index in [0.29, 0.717) is 36.6 Å². The largest absolute Gasteiger partial charge is 0.490 e. The van der Waals surface area contributed by atoms with E-state index in [2.05, 4.69) is 10.6 Å². The number of amides is 1. The smallest absolute Gasteiger partial charge is 0.344 e. The Bertz CT molecular complexity index is 699. The molecule has 0 aliphatic carbocycles. The minimum atomic E-state index is -0.673. The molecule has 1 unspecified atom stereocenters. The van der Waals surface area contributed by atoms with Crippen molar-refractivity contribution in [1.82, 2.24) is 5.32 Å². The Hall–Kier alpha value is -2.32. The summed E-state index contributed by atoms with van der Waals surface area (Å²) in [5.74, 6) is 0.361. The zero-order valence-corrected chi connectivity index (χ0v) is 17.0. The number of fused-ring (bicyclic) bond motifs is 1. The fourth-order valence-electron chi connectivity index (χ4n) is 2.70. The van der Waals surface area contributed by atoms with Crippen LogP contribution in [-0.4, -0.2) is 55.0 Å². The summed E-state index contributed by atoms with van der Waals surface area (Å²) in [5.41, 5.74) is 1.19. The third-order valence-corrected chi connectivity index (χ3v) is 4.05. The molecule has 0 radical (unpaired) electrons. The van der Waals surface area contributed by atoms with E-state index in [4.69, 9.17) is 14.2 Å². The first-order valence-corrected chi connectivity index (χ1v) is 9.49. The third-order valence-electron chi connectivity index (χ3n) is 4.05. The summed E-state index contributed by atoms with van der Waals surface area (Å²) in [6.07, 6.45) is 0.148. The number of esters is 1. The van der Waals surface area contributed by atoms with Gasteiger partial charge in [-0.15, -0.1) is 0 Å². The highest BCUT2D eigenvalue weighted by atomic mass is 16.6. The van der Waals surface area contributed by atoms with E-state index >= 15 is 0 Å². The van der Waals surface area contributed by atoms with Crippen molar-refractivity contribution in [2.45, 2.75) is 52.2 Å². The quantitative estimate of drug-likeness (QED) is 0.547. The van der Waals surface area contributed by atoms with Crippen molar-refractivity contribution in [3.8, 4) is 11.5 Å². The SMILES string of the molecule is CCOC(=O)COc1ccc(OCC(O)CNC(C)(C)C)c2c1NC(=O)CC2. The summed E-state index contributed by atoms with van der Waals surface area (Å²) in [4.78, 5) is 23.4. The number of aliphatic hydroxyl groups excluding tert-OH is 1. The fourth-order valence-corrected chi connectivity index (χ4v) is 2.70. The maximum atomic E-state index is 11.8. The van der Waals surface area contributed by atoms with Gasteiger partial charge in [-0.2, -0.15) is 0 Å². The van der Waals surface area contributed by atoms with Crippen molar-refractivity contribution in [3.05, 3.63) is 17.7 Å². The average Bonchev–Trinajstić information content (AvgIpc) is 2.62. The van der Waals surface area contributed by atoms with Crippen LogP contribution in [0.3, 0.4) is 0 Å². The molecule has 0 saturated heterocycles. The molecule has 0 fully saturated rings. The van der Waals surface area contributed by atoms with E-state index in [-0.39, 0.29) is 31.3 Å². The second-order valence-electron chi connectivity index (χ2n) is 7.65. The molecule has 8 nitrogen and oxygen atoms in total. The Labute approximate surface area is 165 Å². The Balaban J connectivity index is 2.06. The van der Waals surface area contributed by atoms with Gasteiger partial charge in [0.2, 0.25) is 5.91 Å². The van der Waals surface area contributed by atoms with Crippen molar-refractivity contribution in [2.24, 2.45) is 0 Å². The number of nitrogens with one attached hydrogen (secondary N) is 2. The zero-order valence-electron chi connectivity index (χ0n) is 17.0. The highest BCUT2D eigenvalue weighted by Crippen LogP contribution is 2.39. The number of hydrogen-bond acceptors (Lipinski definition) is 7. The molecular formula is C20H30N2O6. The maximum absolute atomic E-state index is 11.8. The van der Waals surface area contributed by atoms with Gasteiger partial charge in [-0.1, -0.05) is 0 Å². The van der Waals surface area contributed by atoms with Crippen molar-refractivity contribution >= 4 is 17.6 Å². The molecule has 1 atom stereocenters. The average molecular weight is 394 g/mol. The van der Waals surface area contributed by atoms with Crippen LogP contribution in [0, 0.1) is 0 Å². The van der Waals surface area contributed by atoms with E-state index in [0.717, 1.165) is 5.56 Å². The normalized spacial score (nSPS) is 14.7. The van der Waals surface area contributed by atoms with Crippen LogP contribution in [0.5, 0.6) is 11.5 Å². The molecule has 0 aromatic heterocycles. The molecule has 0 saturated carbocycles. The predicted molar refractivity (Wildman–Crippen MR) is 105 cm³/mol. The van der Waals surface area contributed by atoms with E-state index in [1.807, 2.05) is 20.8 Å². The van der Waals surface area contributed by atoms with Crippen LogP contribution >= 0.6 is 0 Å². The molecule has 156 valence electrons. The summed E-state index contributed by atoms with van der Waals surface area (Å²) in [5, 5.41) is 16.1. The molecule has 0 spiro atoms. The van der Waals surface area contributed by atoms with Gasteiger partial charge in [-0.25, -0.2) is 4.79 Å². The Morgan fingerprint density at radius 3 is 2.64 bits per heavy atom. The first-order valence-electron chi connectivity index (χ1n) is 9.49.